The molecule has 0 radical (unpaired) electrons. The normalized spacial score (nSPS) is 12.2. The van der Waals surface area contributed by atoms with E-state index >= 15 is 0 Å². The molecule has 5 heteroatoms. The van der Waals surface area contributed by atoms with E-state index in [0.717, 1.165) is 36.1 Å². The molecule has 0 bridgehead atoms. The molecule has 0 aliphatic rings. The zero-order valence-electron chi connectivity index (χ0n) is 19.3. The molecular weight excluding hydrogens is 386 g/mol. The number of benzene rings is 2. The van der Waals surface area contributed by atoms with Crippen molar-refractivity contribution in [2.75, 3.05) is 6.54 Å². The molecular formula is C26H33N3O2. The molecule has 1 atom stereocenters. The van der Waals surface area contributed by atoms with Crippen LogP contribution in [0.1, 0.15) is 69.4 Å². The highest BCUT2D eigenvalue weighted by molar-refractivity contribution is 5.79. The Morgan fingerprint density at radius 1 is 1.10 bits per heavy atom. The fraction of sp³-hybridized carbons (Fsp3) is 0.423. The number of rotatable bonds is 8. The van der Waals surface area contributed by atoms with Crippen LogP contribution in [0.4, 0.5) is 0 Å². The van der Waals surface area contributed by atoms with Crippen molar-refractivity contribution < 1.29 is 4.79 Å². The van der Waals surface area contributed by atoms with Crippen LogP contribution in [0.25, 0.3) is 16.6 Å². The van der Waals surface area contributed by atoms with Gasteiger partial charge in [0.25, 0.3) is 5.56 Å². The first-order valence-electron chi connectivity index (χ1n) is 11.3. The van der Waals surface area contributed by atoms with Crippen molar-refractivity contribution in [3.63, 3.8) is 0 Å². The Morgan fingerprint density at radius 2 is 1.84 bits per heavy atom. The number of aromatic nitrogens is 2. The van der Waals surface area contributed by atoms with Crippen molar-refractivity contribution in [2.24, 2.45) is 0 Å². The highest BCUT2D eigenvalue weighted by atomic mass is 16.2. The molecule has 1 aromatic heterocycles. The molecule has 0 saturated carbocycles. The Labute approximate surface area is 184 Å². The number of nitrogens with zero attached hydrogens (tertiary/aromatic N) is 3. The van der Waals surface area contributed by atoms with E-state index in [1.807, 2.05) is 69.0 Å². The summed E-state index contributed by atoms with van der Waals surface area (Å²) in [6, 6.07) is 13.1. The van der Waals surface area contributed by atoms with Crippen molar-refractivity contribution in [1.29, 1.82) is 0 Å². The fourth-order valence-electron chi connectivity index (χ4n) is 4.19. The van der Waals surface area contributed by atoms with Gasteiger partial charge < -0.3 is 4.90 Å². The third kappa shape index (κ3) is 4.71. The smallest absolute Gasteiger partial charge is 0.266 e. The van der Waals surface area contributed by atoms with Crippen LogP contribution in [0.15, 0.2) is 47.3 Å². The summed E-state index contributed by atoms with van der Waals surface area (Å²) in [6.07, 6.45) is 3.52. The predicted molar refractivity (Wildman–Crippen MR) is 127 cm³/mol. The first kappa shape index (κ1) is 22.7. The van der Waals surface area contributed by atoms with Gasteiger partial charge >= 0.3 is 0 Å². The third-order valence-electron chi connectivity index (χ3n) is 5.89. The number of hydrogen-bond donors (Lipinski definition) is 0. The van der Waals surface area contributed by atoms with Gasteiger partial charge in [-0.1, -0.05) is 49.6 Å². The molecule has 0 N–H and O–H groups in total. The lowest BCUT2D eigenvalue weighted by atomic mass is 10.1. The number of amides is 1. The van der Waals surface area contributed by atoms with Crippen LogP contribution in [0.3, 0.4) is 0 Å². The largest absolute Gasteiger partial charge is 0.333 e. The first-order chi connectivity index (χ1) is 14.9. The molecule has 0 fully saturated rings. The van der Waals surface area contributed by atoms with Gasteiger partial charge in [-0.3, -0.25) is 14.2 Å². The average Bonchev–Trinajstić information content (AvgIpc) is 2.75. The van der Waals surface area contributed by atoms with Crippen molar-refractivity contribution in [1.82, 2.24) is 14.5 Å². The first-order valence-corrected chi connectivity index (χ1v) is 11.3. The van der Waals surface area contributed by atoms with Crippen molar-refractivity contribution in [2.45, 2.75) is 66.3 Å². The maximum Gasteiger partial charge on any atom is 0.266 e. The Balaban J connectivity index is 2.18. The number of carbonyl (C=O) groups excluding carboxylic acids is 1. The summed E-state index contributed by atoms with van der Waals surface area (Å²) in [5.41, 5.74) is 3.51. The van der Waals surface area contributed by atoms with E-state index in [4.69, 9.17) is 4.98 Å². The Morgan fingerprint density at radius 3 is 2.52 bits per heavy atom. The molecule has 1 amide bonds. The number of hydrogen-bond acceptors (Lipinski definition) is 3. The van der Waals surface area contributed by atoms with Gasteiger partial charge in [0.15, 0.2) is 0 Å². The molecule has 1 unspecified atom stereocenters. The van der Waals surface area contributed by atoms with Crippen LogP contribution < -0.4 is 5.56 Å². The summed E-state index contributed by atoms with van der Waals surface area (Å²) in [7, 11) is 0. The minimum absolute atomic E-state index is 0.103. The maximum atomic E-state index is 13.6. The molecule has 2 aromatic carbocycles. The van der Waals surface area contributed by atoms with E-state index in [-0.39, 0.29) is 17.5 Å². The molecule has 0 saturated heterocycles. The standard InChI is InChI=1S/C26H33N3O2/c1-6-8-9-14-24(30)28(7-2)20(5)25-27-22-13-11-10-12-21(22)26(31)29(25)23-16-15-18(3)17-19(23)4/h10-13,15-17,20H,6-9,14H2,1-5H3. The van der Waals surface area contributed by atoms with E-state index in [2.05, 4.69) is 13.0 Å². The average molecular weight is 420 g/mol. The second-order valence-corrected chi connectivity index (χ2v) is 8.23. The lowest BCUT2D eigenvalue weighted by Crippen LogP contribution is -2.37. The Bertz CT molecular complexity index is 1130. The topological polar surface area (TPSA) is 55.2 Å². The molecule has 0 aliphatic heterocycles. The zero-order chi connectivity index (χ0) is 22.5. The lowest BCUT2D eigenvalue weighted by molar-refractivity contribution is -0.133. The van der Waals surface area contributed by atoms with Crippen LogP contribution >= 0.6 is 0 Å². The number of fused-ring (bicyclic) bond motifs is 1. The SMILES string of the molecule is CCCCCC(=O)N(CC)C(C)c1nc2ccccc2c(=O)n1-c1ccc(C)cc1C. The monoisotopic (exact) mass is 419 g/mol. The van der Waals surface area contributed by atoms with E-state index in [1.165, 1.54) is 0 Å². The highest BCUT2D eigenvalue weighted by Crippen LogP contribution is 2.25. The summed E-state index contributed by atoms with van der Waals surface area (Å²) in [5.74, 6) is 0.708. The Kier molecular flexibility index (Phi) is 7.26. The van der Waals surface area contributed by atoms with Gasteiger partial charge in [-0.25, -0.2) is 4.98 Å². The second-order valence-electron chi connectivity index (χ2n) is 8.23. The zero-order valence-corrected chi connectivity index (χ0v) is 19.3. The van der Waals surface area contributed by atoms with Gasteiger partial charge in [0.2, 0.25) is 5.91 Å². The van der Waals surface area contributed by atoms with Gasteiger partial charge in [0.05, 0.1) is 22.6 Å². The highest BCUT2D eigenvalue weighted by Gasteiger charge is 2.26. The second kappa shape index (κ2) is 9.90. The van der Waals surface area contributed by atoms with E-state index in [1.54, 1.807) is 4.57 Å². The van der Waals surface area contributed by atoms with Crippen molar-refractivity contribution in [3.8, 4) is 5.69 Å². The minimum Gasteiger partial charge on any atom is -0.333 e. The minimum atomic E-state index is -0.322. The van der Waals surface area contributed by atoms with Crippen LogP contribution in [-0.4, -0.2) is 26.9 Å². The quantitative estimate of drug-likeness (QED) is 0.454. The molecule has 0 spiro atoms. The van der Waals surface area contributed by atoms with Gasteiger partial charge in [-0.15, -0.1) is 0 Å². The number of aryl methyl sites for hydroxylation is 2. The maximum absolute atomic E-state index is 13.6. The number of unbranched alkanes of at least 4 members (excludes halogenated alkanes) is 2. The molecule has 1 heterocycles. The van der Waals surface area contributed by atoms with Crippen LogP contribution in [-0.2, 0) is 4.79 Å². The summed E-state index contributed by atoms with van der Waals surface area (Å²) in [4.78, 5) is 33.3. The molecule has 3 aromatic rings. The number of carbonyl (C=O) groups is 1. The van der Waals surface area contributed by atoms with Gasteiger partial charge in [-0.2, -0.15) is 0 Å². The molecule has 5 nitrogen and oxygen atoms in total. The van der Waals surface area contributed by atoms with Crippen LogP contribution in [0, 0.1) is 13.8 Å². The van der Waals surface area contributed by atoms with Crippen LogP contribution in [0.5, 0.6) is 0 Å². The van der Waals surface area contributed by atoms with Gasteiger partial charge in [0.1, 0.15) is 5.82 Å². The summed E-state index contributed by atoms with van der Waals surface area (Å²) in [5, 5.41) is 0.579. The third-order valence-corrected chi connectivity index (χ3v) is 5.89. The molecule has 164 valence electrons. The van der Waals surface area contributed by atoms with E-state index in [9.17, 15) is 9.59 Å². The van der Waals surface area contributed by atoms with Gasteiger partial charge in [-0.05, 0) is 57.9 Å². The van der Waals surface area contributed by atoms with Gasteiger partial charge in [0, 0.05) is 13.0 Å². The number of para-hydroxylation sites is 1. The van der Waals surface area contributed by atoms with Crippen molar-refractivity contribution in [3.05, 3.63) is 69.8 Å². The Hall–Kier alpha value is -2.95. The molecule has 31 heavy (non-hydrogen) atoms. The summed E-state index contributed by atoms with van der Waals surface area (Å²) >= 11 is 0. The summed E-state index contributed by atoms with van der Waals surface area (Å²) < 4.78 is 1.70. The van der Waals surface area contributed by atoms with Crippen molar-refractivity contribution >= 4 is 16.8 Å². The molecule has 0 aliphatic carbocycles. The lowest BCUT2D eigenvalue weighted by Gasteiger charge is -2.30. The van der Waals surface area contributed by atoms with E-state index < -0.39 is 0 Å². The fourth-order valence-corrected chi connectivity index (χ4v) is 4.19. The predicted octanol–water partition coefficient (Wildman–Crippen LogP) is 5.49. The summed E-state index contributed by atoms with van der Waals surface area (Å²) in [6.45, 7) is 10.7. The van der Waals surface area contributed by atoms with E-state index in [0.29, 0.717) is 29.7 Å². The van der Waals surface area contributed by atoms with Crippen LogP contribution in [0.2, 0.25) is 0 Å². The molecule has 3 rings (SSSR count).